The number of carbonyl (C=O) groups excluding carboxylic acids is 2. The minimum atomic E-state index is -5.21. The Hall–Kier alpha value is 0.0448. The number of hydrogen-bond donors (Lipinski definition) is 1. The van der Waals surface area contributed by atoms with Crippen LogP contribution >= 0.6 is 0 Å². The molecule has 0 aliphatic carbocycles. The summed E-state index contributed by atoms with van der Waals surface area (Å²) in [5.74, 6) is -3.79. The molecule has 1 unspecified atom stereocenters. The average molecular weight is 996 g/mol. The largest absolute Gasteiger partial charge is 1.00 e. The van der Waals surface area contributed by atoms with Gasteiger partial charge in [-0.05, 0) is 12.8 Å². The van der Waals surface area contributed by atoms with Crippen molar-refractivity contribution in [2.45, 2.75) is 366 Å². The Labute approximate surface area is 460 Å². The number of carboxylic acids is 2. The Morgan fingerprint density at radius 3 is 0.586 bits per heavy atom. The first-order valence-electron chi connectivity index (χ1n) is 30.5. The maximum Gasteiger partial charge on any atom is 1.00 e. The molecule has 0 saturated heterocycles. The number of carboxylic acid groups (broad SMARTS) is 2. The van der Waals surface area contributed by atoms with Crippen LogP contribution < -0.4 is 47.9 Å². The molecule has 70 heavy (non-hydrogen) atoms. The standard InChI is InChI=1S/C60H118O7S.2Li/c1-3-5-7-9-11-13-15-17-19-21-23-25-27-29-31-33-35-37-39-41-43-45-47-49-51-53-55-60(59(63)64,57(58(61)62)68(65,66)67)56-54-52-50-48-46-44-42-40-38-36-34-32-30-28-26-24-22-20-18-16-14-12-10-8-6-4-2;;/h57H,3-56H2,1-2H3,(H,61,62)(H,63,64)(H,65,66,67);;/q;2*+1/p-2. The molecule has 0 aliphatic heterocycles. The summed E-state index contributed by atoms with van der Waals surface area (Å²) in [6.45, 7) is 4.57. The van der Waals surface area contributed by atoms with Gasteiger partial charge in [0.15, 0.2) is 0 Å². The summed E-state index contributed by atoms with van der Waals surface area (Å²) in [5.41, 5.74) is -2.20. The van der Waals surface area contributed by atoms with Crippen molar-refractivity contribution in [1.29, 1.82) is 0 Å². The van der Waals surface area contributed by atoms with Crippen LogP contribution in [0.25, 0.3) is 0 Å². The van der Waals surface area contributed by atoms with Crippen LogP contribution in [0, 0.1) is 5.41 Å². The van der Waals surface area contributed by atoms with E-state index in [0.29, 0.717) is 25.7 Å². The second kappa shape index (κ2) is 56.8. The van der Waals surface area contributed by atoms with Crippen molar-refractivity contribution >= 4 is 22.1 Å². The fraction of sp³-hybridized carbons (Fsp3) is 0.967. The average Bonchev–Trinajstić information content (AvgIpc) is 3.30. The summed E-state index contributed by atoms with van der Waals surface area (Å²) in [6.07, 6.45) is 65.3. The molecule has 0 amide bonds. The summed E-state index contributed by atoms with van der Waals surface area (Å²) in [4.78, 5) is 24.6. The first-order chi connectivity index (χ1) is 33.1. The molecule has 7 nitrogen and oxygen atoms in total. The molecule has 0 aromatic carbocycles. The van der Waals surface area contributed by atoms with Gasteiger partial charge in [0.1, 0.15) is 5.25 Å². The summed E-state index contributed by atoms with van der Waals surface area (Å²) in [5, 5.41) is 22.1. The SMILES string of the molecule is CCCCCCCCCCCCCCCCCCCCCCCCCCCCC(CCCCCCCCCCCCCCCCCCCCCCCCCCCC)(C(=O)[O-])C(C(=O)[O-])S(=O)(=O)O.[Li+].[Li+]. The third-order valence-corrected chi connectivity index (χ3v) is 16.6. The van der Waals surface area contributed by atoms with Crippen LogP contribution in [-0.2, 0) is 19.7 Å². The number of aliphatic carboxylic acids is 2. The Morgan fingerprint density at radius 2 is 0.471 bits per heavy atom. The first-order valence-corrected chi connectivity index (χ1v) is 32.0. The molecule has 0 fully saturated rings. The van der Waals surface area contributed by atoms with E-state index < -0.39 is 32.7 Å². The zero-order valence-electron chi connectivity index (χ0n) is 47.6. The Balaban J connectivity index is -0.0000224. The van der Waals surface area contributed by atoms with E-state index in [-0.39, 0.29) is 50.6 Å². The van der Waals surface area contributed by atoms with Gasteiger partial charge in [0.05, 0.1) is 5.97 Å². The Kier molecular flexibility index (Phi) is 60.2. The van der Waals surface area contributed by atoms with Gasteiger partial charge in [0, 0.05) is 11.4 Å². The minimum absolute atomic E-state index is 0. The molecule has 10 heteroatoms. The van der Waals surface area contributed by atoms with Crippen molar-refractivity contribution in [2.75, 3.05) is 0 Å². The molecule has 0 saturated carbocycles. The van der Waals surface area contributed by atoms with Gasteiger partial charge in [0.25, 0.3) is 10.1 Å². The zero-order chi connectivity index (χ0) is 49.9. The third-order valence-electron chi connectivity index (χ3n) is 15.4. The first kappa shape index (κ1) is 74.3. The molecule has 0 heterocycles. The monoisotopic (exact) mass is 995 g/mol. The molecule has 406 valence electrons. The van der Waals surface area contributed by atoms with E-state index in [2.05, 4.69) is 13.8 Å². The van der Waals surface area contributed by atoms with E-state index >= 15 is 0 Å². The number of unbranched alkanes of at least 4 members (excludes halogenated alkanes) is 50. The van der Waals surface area contributed by atoms with Crippen LogP contribution in [0.3, 0.4) is 0 Å². The predicted molar refractivity (Wildman–Crippen MR) is 288 cm³/mol. The summed E-state index contributed by atoms with van der Waals surface area (Å²) in [6, 6.07) is 0. The zero-order valence-corrected chi connectivity index (χ0v) is 48.4. The number of hydrogen-bond acceptors (Lipinski definition) is 6. The fourth-order valence-corrected chi connectivity index (χ4v) is 12.0. The van der Waals surface area contributed by atoms with Gasteiger partial charge in [-0.2, -0.15) is 8.42 Å². The molecule has 0 bridgehead atoms. The van der Waals surface area contributed by atoms with Crippen molar-refractivity contribution in [3.8, 4) is 0 Å². The Bertz CT molecular complexity index is 1130. The summed E-state index contributed by atoms with van der Waals surface area (Å²) < 4.78 is 34.4. The van der Waals surface area contributed by atoms with E-state index in [1.54, 1.807) is 0 Å². The molecule has 1 N–H and O–H groups in total. The van der Waals surface area contributed by atoms with Crippen molar-refractivity contribution in [1.82, 2.24) is 0 Å². The maximum absolute atomic E-state index is 12.6. The van der Waals surface area contributed by atoms with Gasteiger partial charge in [-0.1, -0.05) is 348 Å². The van der Waals surface area contributed by atoms with Crippen LogP contribution in [0.5, 0.6) is 0 Å². The van der Waals surface area contributed by atoms with Gasteiger partial charge < -0.3 is 19.8 Å². The van der Waals surface area contributed by atoms with Crippen LogP contribution in [0.4, 0.5) is 0 Å². The minimum Gasteiger partial charge on any atom is -0.549 e. The van der Waals surface area contributed by atoms with E-state index in [1.807, 2.05) is 0 Å². The Morgan fingerprint density at radius 1 is 0.329 bits per heavy atom. The molecular formula is C60H116Li2O7S. The quantitative estimate of drug-likeness (QED) is 0.0364. The molecule has 0 rings (SSSR count). The normalized spacial score (nSPS) is 12.2. The molecule has 0 aliphatic rings. The molecular weight excluding hydrogens is 879 g/mol. The van der Waals surface area contributed by atoms with Gasteiger partial charge in [-0.15, -0.1) is 0 Å². The van der Waals surface area contributed by atoms with Crippen molar-refractivity contribution in [2.24, 2.45) is 5.41 Å². The summed E-state index contributed by atoms with van der Waals surface area (Å²) >= 11 is 0. The van der Waals surface area contributed by atoms with Gasteiger partial charge in [-0.25, -0.2) is 0 Å². The van der Waals surface area contributed by atoms with Gasteiger partial charge in [0.2, 0.25) is 0 Å². The van der Waals surface area contributed by atoms with Crippen molar-refractivity contribution in [3.63, 3.8) is 0 Å². The molecule has 0 spiro atoms. The second-order valence-electron chi connectivity index (χ2n) is 21.8. The van der Waals surface area contributed by atoms with Crippen LogP contribution in [-0.4, -0.2) is 30.2 Å². The second-order valence-corrected chi connectivity index (χ2v) is 23.3. The fourth-order valence-electron chi connectivity index (χ4n) is 10.8. The smallest absolute Gasteiger partial charge is 0.549 e. The molecule has 1 atom stereocenters. The van der Waals surface area contributed by atoms with Crippen molar-refractivity contribution in [3.05, 3.63) is 0 Å². The summed E-state index contributed by atoms with van der Waals surface area (Å²) in [7, 11) is -5.21. The topological polar surface area (TPSA) is 135 Å². The van der Waals surface area contributed by atoms with Crippen molar-refractivity contribution < 1.29 is 70.5 Å². The van der Waals surface area contributed by atoms with Crippen LogP contribution in [0.2, 0.25) is 0 Å². The van der Waals surface area contributed by atoms with E-state index in [0.717, 1.165) is 38.5 Å². The number of rotatable bonds is 58. The molecule has 0 radical (unpaired) electrons. The maximum atomic E-state index is 12.6. The van der Waals surface area contributed by atoms with E-state index in [1.165, 1.54) is 270 Å². The van der Waals surface area contributed by atoms with Gasteiger partial charge in [-0.3, -0.25) is 4.55 Å². The number of carbonyl (C=O) groups is 2. The van der Waals surface area contributed by atoms with Crippen LogP contribution in [0.1, 0.15) is 361 Å². The van der Waals surface area contributed by atoms with Crippen LogP contribution in [0.15, 0.2) is 0 Å². The third kappa shape index (κ3) is 47.7. The molecule has 0 aromatic heterocycles. The predicted octanol–water partition coefficient (Wildman–Crippen LogP) is 11.8. The van der Waals surface area contributed by atoms with E-state index in [4.69, 9.17) is 0 Å². The van der Waals surface area contributed by atoms with E-state index in [9.17, 15) is 32.8 Å². The van der Waals surface area contributed by atoms with Gasteiger partial charge >= 0.3 is 37.7 Å². The molecule has 0 aromatic rings.